The molecular formula is C98H88N6. The second-order valence-corrected chi connectivity index (χ2v) is 32.6. The van der Waals surface area contributed by atoms with Gasteiger partial charge in [-0.25, -0.2) is 0 Å². The third-order valence-corrected chi connectivity index (χ3v) is 25.9. The Morgan fingerprint density at radius 2 is 0.798 bits per heavy atom. The second kappa shape index (κ2) is 22.3. The molecule has 21 rings (SSSR count). The molecule has 0 saturated carbocycles. The van der Waals surface area contributed by atoms with Gasteiger partial charge in [0.25, 0.3) is 0 Å². The number of fused-ring (bicyclic) bond motifs is 15. The number of rotatable bonds is 9. The molecule has 0 amide bonds. The number of anilines is 7. The molecule has 104 heavy (non-hydrogen) atoms. The standard InChI is InChI=1S/C98H88N6/c1-53(2)68-30-20-34-72-57(9)76-44-45-77-58(10)73-35-21-31-69(54(3)4)90(73)102-94(77)93(76)101(89(68)72)97(102)64-41-46-86-82(50-64)78-28-15-17-38-84(78)99(86)66-27-19-26-63(49-66)81-52-80-59(11)74-36-22-32-70(55(5)6)91(74)103-95(80)96-88(81)60(12)75-37-23-33-71(56(7)8)92(75)104(96)98(103)65-42-47-87-83(51-65)79-29-16-18-39-85(79)100(87)67-43-40-61-24-13-14-25-62(61)48-67/h13-36,38-60,75,97-98H,37H2,1-12H3. The first-order chi connectivity index (χ1) is 50.6. The first kappa shape index (κ1) is 61.8. The fourth-order valence-electron chi connectivity index (χ4n) is 21.0. The Balaban J connectivity index is 0.769. The van der Waals surface area contributed by atoms with Gasteiger partial charge in [-0.2, -0.15) is 0 Å². The van der Waals surface area contributed by atoms with E-state index in [1.165, 1.54) is 195 Å². The summed E-state index contributed by atoms with van der Waals surface area (Å²) >= 11 is 0. The molecule has 8 heterocycles. The molecule has 7 aliphatic rings. The highest BCUT2D eigenvalue weighted by Crippen LogP contribution is 2.70. The average Bonchev–Trinajstić information content (AvgIpc) is 1.52. The molecule has 0 bridgehead atoms. The molecule has 0 saturated heterocycles. The summed E-state index contributed by atoms with van der Waals surface area (Å²) < 4.78 is 5.08. The van der Waals surface area contributed by atoms with Gasteiger partial charge in [-0.05, 0) is 197 Å². The van der Waals surface area contributed by atoms with E-state index in [4.69, 9.17) is 0 Å². The van der Waals surface area contributed by atoms with E-state index < -0.39 is 0 Å². The molecule has 1 aliphatic carbocycles. The van der Waals surface area contributed by atoms with Gasteiger partial charge in [0.15, 0.2) is 0 Å². The van der Waals surface area contributed by atoms with Crippen molar-refractivity contribution in [2.75, 3.05) is 19.6 Å². The van der Waals surface area contributed by atoms with Gasteiger partial charge in [-0.1, -0.05) is 253 Å². The van der Waals surface area contributed by atoms with Crippen LogP contribution in [0.15, 0.2) is 248 Å². The Morgan fingerprint density at radius 1 is 0.337 bits per heavy atom. The van der Waals surface area contributed by atoms with Gasteiger partial charge >= 0.3 is 0 Å². The number of aromatic nitrogens is 2. The van der Waals surface area contributed by atoms with Gasteiger partial charge in [0.2, 0.25) is 0 Å². The van der Waals surface area contributed by atoms with E-state index in [9.17, 15) is 0 Å². The van der Waals surface area contributed by atoms with Gasteiger partial charge in [0.05, 0.1) is 61.9 Å². The minimum absolute atomic E-state index is 0.129. The Labute approximate surface area is 611 Å². The van der Waals surface area contributed by atoms with Crippen molar-refractivity contribution in [1.82, 2.24) is 9.13 Å². The van der Waals surface area contributed by atoms with Crippen molar-refractivity contribution in [3.05, 3.63) is 315 Å². The number of hydrogen-bond donors (Lipinski definition) is 0. The molecule has 0 radical (unpaired) electrons. The van der Waals surface area contributed by atoms with Crippen molar-refractivity contribution < 1.29 is 0 Å². The predicted molar refractivity (Wildman–Crippen MR) is 437 cm³/mol. The highest BCUT2D eigenvalue weighted by molar-refractivity contribution is 6.12. The van der Waals surface area contributed by atoms with Crippen LogP contribution in [0.4, 0.5) is 39.8 Å². The summed E-state index contributed by atoms with van der Waals surface area (Å²) in [6.45, 7) is 29.1. The topological polar surface area (TPSA) is 22.8 Å². The summed E-state index contributed by atoms with van der Waals surface area (Å²) in [5.74, 6) is 2.43. The summed E-state index contributed by atoms with van der Waals surface area (Å²) in [4.78, 5) is 11.4. The Hall–Kier alpha value is -10.8. The first-order valence-electron chi connectivity index (χ1n) is 38.6. The van der Waals surface area contributed by atoms with Crippen LogP contribution in [0, 0.1) is 11.8 Å². The predicted octanol–water partition coefficient (Wildman–Crippen LogP) is 26.7. The molecule has 510 valence electrons. The zero-order valence-electron chi connectivity index (χ0n) is 61.8. The third-order valence-electron chi connectivity index (χ3n) is 25.9. The minimum Gasteiger partial charge on any atom is -0.317 e. The van der Waals surface area contributed by atoms with E-state index in [-0.39, 0.29) is 41.9 Å². The van der Waals surface area contributed by atoms with Crippen LogP contribution in [0.25, 0.3) is 76.9 Å². The lowest BCUT2D eigenvalue weighted by Crippen LogP contribution is -2.41. The number of allylic oxidation sites excluding steroid dienone is 4. The van der Waals surface area contributed by atoms with Crippen LogP contribution in [0.1, 0.15) is 210 Å². The van der Waals surface area contributed by atoms with Crippen LogP contribution in [-0.4, -0.2) is 9.13 Å². The smallest absolute Gasteiger partial charge is 0.137 e. The van der Waals surface area contributed by atoms with Crippen LogP contribution < -0.4 is 19.6 Å². The largest absolute Gasteiger partial charge is 0.317 e. The van der Waals surface area contributed by atoms with Gasteiger partial charge in [-0.15, -0.1) is 0 Å². The maximum Gasteiger partial charge on any atom is 0.137 e. The van der Waals surface area contributed by atoms with Gasteiger partial charge in [0, 0.05) is 62.3 Å². The van der Waals surface area contributed by atoms with Crippen LogP contribution >= 0.6 is 0 Å². The molecule has 6 atom stereocenters. The van der Waals surface area contributed by atoms with Crippen LogP contribution in [0.5, 0.6) is 0 Å². The lowest BCUT2D eigenvalue weighted by atomic mass is 9.70. The normalized spacial score (nSPS) is 20.2. The molecular weight excluding hydrogens is 1260 g/mol. The van der Waals surface area contributed by atoms with E-state index in [1.54, 1.807) is 0 Å². The summed E-state index contributed by atoms with van der Waals surface area (Å²) in [7, 11) is 0. The molecule has 6 nitrogen and oxygen atoms in total. The van der Waals surface area contributed by atoms with E-state index in [0.717, 1.165) is 6.42 Å². The molecule has 12 aromatic carbocycles. The number of hydrogen-bond acceptors (Lipinski definition) is 4. The van der Waals surface area contributed by atoms with Crippen LogP contribution in [0.3, 0.4) is 0 Å². The van der Waals surface area contributed by atoms with Crippen molar-refractivity contribution in [3.8, 4) is 22.5 Å². The molecule has 0 N–H and O–H groups in total. The van der Waals surface area contributed by atoms with Crippen LogP contribution in [0.2, 0.25) is 0 Å². The summed E-state index contributed by atoms with van der Waals surface area (Å²) in [5, 5.41) is 7.58. The monoisotopic (exact) mass is 1350 g/mol. The van der Waals surface area contributed by atoms with Crippen LogP contribution in [-0.2, 0) is 0 Å². The van der Waals surface area contributed by atoms with E-state index in [0.29, 0.717) is 23.7 Å². The summed E-state index contributed by atoms with van der Waals surface area (Å²) in [6, 6.07) is 87.9. The van der Waals surface area contributed by atoms with Gasteiger partial charge in [-0.3, -0.25) is 0 Å². The summed E-state index contributed by atoms with van der Waals surface area (Å²) in [6.07, 6.45) is 5.69. The van der Waals surface area contributed by atoms with Crippen molar-refractivity contribution in [2.45, 2.75) is 143 Å². The first-order valence-corrected chi connectivity index (χ1v) is 38.6. The second-order valence-electron chi connectivity index (χ2n) is 32.6. The van der Waals surface area contributed by atoms with Crippen molar-refractivity contribution in [2.24, 2.45) is 11.8 Å². The van der Waals surface area contributed by atoms with Crippen molar-refractivity contribution in [3.63, 3.8) is 0 Å². The maximum absolute atomic E-state index is 2.92. The van der Waals surface area contributed by atoms with Gasteiger partial charge in [0.1, 0.15) is 12.3 Å². The minimum atomic E-state index is -0.159. The molecule has 14 aromatic rings. The van der Waals surface area contributed by atoms with Crippen molar-refractivity contribution >= 4 is 94.2 Å². The molecule has 6 heteroatoms. The Kier molecular flexibility index (Phi) is 13.3. The SMILES string of the molecule is CC(C)C1=C2C(CC=C1)C(C)c1c(-c3cccc(-n4c5ccccc5c5cc(C6N7c8c(C(C)C)cccc8C(C)c8ccc9c(c87)N6c6c(C(C)C)cccc6C9C)ccc54)c3)cc3c4c1N2C(c1ccc2c(c1)c1ccccc1n2-c1ccc2ccccc2c1)N4c1c(C(C)C)cccc1C3C. The highest BCUT2D eigenvalue weighted by Gasteiger charge is 2.55. The zero-order chi connectivity index (χ0) is 70.3. The fourth-order valence-corrected chi connectivity index (χ4v) is 21.0. The van der Waals surface area contributed by atoms with E-state index >= 15 is 0 Å². The number of para-hydroxylation sites is 5. The molecule has 6 aliphatic heterocycles. The Morgan fingerprint density at radius 3 is 1.34 bits per heavy atom. The van der Waals surface area contributed by atoms with Gasteiger partial charge < -0.3 is 28.7 Å². The van der Waals surface area contributed by atoms with E-state index in [1.807, 2.05) is 0 Å². The highest BCUT2D eigenvalue weighted by atomic mass is 15.4. The average molecular weight is 1350 g/mol. The zero-order valence-corrected chi connectivity index (χ0v) is 61.8. The Bertz CT molecular complexity index is 6040. The third kappa shape index (κ3) is 8.23. The summed E-state index contributed by atoms with van der Waals surface area (Å²) in [5.41, 5.74) is 39.3. The fraction of sp³-hybridized carbons (Fsp3) is 0.245. The lowest BCUT2D eigenvalue weighted by molar-refractivity contribution is 0.458. The maximum atomic E-state index is 2.92. The number of nitrogens with zero attached hydrogens (tertiary/aromatic N) is 6. The number of benzene rings is 12. The molecule has 0 fully saturated rings. The molecule has 6 unspecified atom stereocenters. The quantitative estimate of drug-likeness (QED) is 0.144. The van der Waals surface area contributed by atoms with Crippen molar-refractivity contribution in [1.29, 1.82) is 0 Å². The molecule has 0 spiro atoms. The molecule has 2 aromatic heterocycles. The lowest BCUT2D eigenvalue weighted by Gasteiger charge is -2.46. The van der Waals surface area contributed by atoms with E-state index in [2.05, 4.69) is 348 Å².